The van der Waals surface area contributed by atoms with Gasteiger partial charge in [0, 0.05) is 17.4 Å². The molecule has 0 radical (unpaired) electrons. The average Bonchev–Trinajstić information content (AvgIpc) is 3.28. The Hall–Kier alpha value is -3.28. The molecule has 1 saturated heterocycles. The number of hydrogen-bond acceptors (Lipinski definition) is 5. The van der Waals surface area contributed by atoms with Crippen molar-refractivity contribution in [2.24, 2.45) is 11.7 Å². The molecule has 4 rings (SSSR count). The van der Waals surface area contributed by atoms with Crippen molar-refractivity contribution >= 4 is 17.1 Å². The number of carbonyl (C=O) groups is 1. The number of aromatic nitrogens is 3. The van der Waals surface area contributed by atoms with Crippen LogP contribution in [0.15, 0.2) is 24.3 Å². The predicted octanol–water partition coefficient (Wildman–Crippen LogP) is 4.16. The fourth-order valence-electron chi connectivity index (χ4n) is 4.23. The third-order valence-corrected chi connectivity index (χ3v) is 6.20. The largest absolute Gasteiger partial charge is 0.493 e. The maximum Gasteiger partial charge on any atom is 0.417 e. The van der Waals surface area contributed by atoms with Crippen molar-refractivity contribution in [2.45, 2.75) is 37.6 Å². The molecule has 3 heterocycles. The van der Waals surface area contributed by atoms with Gasteiger partial charge in [-0.2, -0.15) is 17.6 Å². The Morgan fingerprint density at radius 3 is 2.52 bits per heavy atom. The first-order valence-corrected chi connectivity index (χ1v) is 9.82. The molecule has 0 aliphatic carbocycles. The van der Waals surface area contributed by atoms with Crippen molar-refractivity contribution in [3.63, 3.8) is 0 Å². The third kappa shape index (κ3) is 3.48. The lowest BCUT2D eigenvalue weighted by atomic mass is 9.77. The minimum absolute atomic E-state index is 0.00637. The number of ether oxygens (including phenoxy) is 2. The van der Waals surface area contributed by atoms with Gasteiger partial charge in [0.25, 0.3) is 5.91 Å². The van der Waals surface area contributed by atoms with Gasteiger partial charge in [-0.3, -0.25) is 4.79 Å². The van der Waals surface area contributed by atoms with Gasteiger partial charge >= 0.3 is 6.18 Å². The Morgan fingerprint density at radius 1 is 1.21 bits per heavy atom. The Balaban J connectivity index is 1.91. The monoisotopic (exact) mass is 470 g/mol. The summed E-state index contributed by atoms with van der Waals surface area (Å²) in [6.45, 7) is 2.20. The highest BCUT2D eigenvalue weighted by molar-refractivity contribution is 5.92. The van der Waals surface area contributed by atoms with E-state index >= 15 is 0 Å². The van der Waals surface area contributed by atoms with Gasteiger partial charge < -0.3 is 20.2 Å². The van der Waals surface area contributed by atoms with E-state index in [0.717, 1.165) is 20.1 Å². The Labute approximate surface area is 184 Å². The number of imidazole rings is 1. The van der Waals surface area contributed by atoms with Crippen molar-refractivity contribution in [1.82, 2.24) is 15.0 Å². The van der Waals surface area contributed by atoms with E-state index in [-0.39, 0.29) is 22.7 Å². The summed E-state index contributed by atoms with van der Waals surface area (Å²) in [5.41, 5.74) is 2.86. The summed E-state index contributed by atoms with van der Waals surface area (Å²) < 4.78 is 81.0. The van der Waals surface area contributed by atoms with Gasteiger partial charge in [0.15, 0.2) is 22.8 Å². The molecule has 1 amide bonds. The number of nitrogens with two attached hydrogens (primary N) is 1. The van der Waals surface area contributed by atoms with Crippen LogP contribution in [0.4, 0.5) is 22.0 Å². The normalized spacial score (nSPS) is 25.5. The molecular formula is C21H19F5N4O3. The second kappa shape index (κ2) is 7.65. The molecule has 1 aromatic carbocycles. The SMILES string of the molecule is COc1c([C@H]2[C@H](c3nc4nc(C(N)=O)ccc4[nH]3)O[C@@](C)(C(F)(F)F)[C@H]2C)ccc(F)c1F. The van der Waals surface area contributed by atoms with E-state index in [1.807, 2.05) is 0 Å². The molecular weight excluding hydrogens is 451 g/mol. The number of fused-ring (bicyclic) bond motifs is 1. The fourth-order valence-corrected chi connectivity index (χ4v) is 4.23. The molecule has 3 aromatic rings. The van der Waals surface area contributed by atoms with Crippen LogP contribution in [0.2, 0.25) is 0 Å². The molecule has 2 aromatic heterocycles. The van der Waals surface area contributed by atoms with Crippen LogP contribution in [0, 0.1) is 17.6 Å². The first kappa shape index (κ1) is 22.9. The van der Waals surface area contributed by atoms with Crippen LogP contribution in [0.3, 0.4) is 0 Å². The summed E-state index contributed by atoms with van der Waals surface area (Å²) in [6, 6.07) is 4.77. The average molecular weight is 470 g/mol. The topological polar surface area (TPSA) is 103 Å². The highest BCUT2D eigenvalue weighted by atomic mass is 19.4. The zero-order chi connectivity index (χ0) is 24.3. The molecule has 0 saturated carbocycles. The molecule has 7 nitrogen and oxygen atoms in total. The maximum absolute atomic E-state index is 14.4. The number of pyridine rings is 1. The van der Waals surface area contributed by atoms with Gasteiger partial charge in [-0.05, 0) is 25.1 Å². The van der Waals surface area contributed by atoms with Crippen LogP contribution >= 0.6 is 0 Å². The lowest BCUT2D eigenvalue weighted by molar-refractivity contribution is -0.275. The number of nitrogens with one attached hydrogen (secondary N) is 1. The van der Waals surface area contributed by atoms with E-state index in [4.69, 9.17) is 15.2 Å². The molecule has 12 heteroatoms. The van der Waals surface area contributed by atoms with Gasteiger partial charge in [-0.1, -0.05) is 13.0 Å². The number of benzene rings is 1. The number of hydrogen-bond donors (Lipinski definition) is 2. The van der Waals surface area contributed by atoms with E-state index < -0.39 is 53.0 Å². The van der Waals surface area contributed by atoms with E-state index in [1.165, 1.54) is 25.1 Å². The molecule has 33 heavy (non-hydrogen) atoms. The minimum Gasteiger partial charge on any atom is -0.493 e. The zero-order valence-electron chi connectivity index (χ0n) is 17.6. The van der Waals surface area contributed by atoms with E-state index in [9.17, 15) is 26.7 Å². The molecule has 1 aliphatic heterocycles. The molecule has 0 unspecified atom stereocenters. The van der Waals surface area contributed by atoms with Crippen molar-refractivity contribution in [3.05, 3.63) is 53.0 Å². The summed E-state index contributed by atoms with van der Waals surface area (Å²) in [5.74, 6) is -6.25. The number of primary amides is 1. The lowest BCUT2D eigenvalue weighted by Gasteiger charge is -2.32. The summed E-state index contributed by atoms with van der Waals surface area (Å²) >= 11 is 0. The number of nitrogens with zero attached hydrogens (tertiary/aromatic N) is 2. The molecule has 0 bridgehead atoms. The van der Waals surface area contributed by atoms with Gasteiger partial charge in [0.2, 0.25) is 5.82 Å². The van der Waals surface area contributed by atoms with Crippen LogP contribution in [-0.2, 0) is 4.74 Å². The van der Waals surface area contributed by atoms with Crippen molar-refractivity contribution in [3.8, 4) is 5.75 Å². The van der Waals surface area contributed by atoms with E-state index in [2.05, 4.69) is 15.0 Å². The standard InChI is InChI=1S/C21H19F5N4O3/c1-8-13(9-4-5-10(22)14(23)15(9)32-3)16(33-20(8,2)21(24,25)26)19-29-12-7-6-11(17(27)31)28-18(12)30-19/h4-8,13,16H,1-3H3,(H2,27,31)(H,28,29,30)/t8-,13-,16+,20+/m0/s1. The van der Waals surface area contributed by atoms with Gasteiger partial charge in [0.1, 0.15) is 17.6 Å². The van der Waals surface area contributed by atoms with Crippen LogP contribution in [0.25, 0.3) is 11.2 Å². The molecule has 0 spiro atoms. The van der Waals surface area contributed by atoms with Crippen LogP contribution < -0.4 is 10.5 Å². The Morgan fingerprint density at radius 2 is 1.91 bits per heavy atom. The zero-order valence-corrected chi connectivity index (χ0v) is 17.6. The van der Waals surface area contributed by atoms with Gasteiger partial charge in [0.05, 0.1) is 12.6 Å². The second-order valence-electron chi connectivity index (χ2n) is 8.00. The molecule has 176 valence electrons. The third-order valence-electron chi connectivity index (χ3n) is 6.20. The van der Waals surface area contributed by atoms with Gasteiger partial charge in [-0.15, -0.1) is 0 Å². The van der Waals surface area contributed by atoms with Crippen LogP contribution in [-0.4, -0.2) is 39.7 Å². The Bertz CT molecular complexity index is 1240. The number of amides is 1. The summed E-state index contributed by atoms with van der Waals surface area (Å²) in [5, 5.41) is 0. The number of carbonyl (C=O) groups excluding carboxylic acids is 1. The van der Waals surface area contributed by atoms with Crippen LogP contribution in [0.1, 0.15) is 47.7 Å². The van der Waals surface area contributed by atoms with Crippen molar-refractivity contribution in [2.75, 3.05) is 7.11 Å². The summed E-state index contributed by atoms with van der Waals surface area (Å²) in [7, 11) is 1.09. The number of alkyl halides is 3. The maximum atomic E-state index is 14.4. The predicted molar refractivity (Wildman–Crippen MR) is 106 cm³/mol. The number of halogens is 5. The highest BCUT2D eigenvalue weighted by Crippen LogP contribution is 2.59. The minimum atomic E-state index is -4.78. The van der Waals surface area contributed by atoms with Crippen LogP contribution in [0.5, 0.6) is 5.75 Å². The number of aromatic amines is 1. The first-order valence-electron chi connectivity index (χ1n) is 9.82. The fraction of sp³-hybridized carbons (Fsp3) is 0.381. The van der Waals surface area contributed by atoms with E-state index in [0.29, 0.717) is 5.52 Å². The molecule has 4 atom stereocenters. The Kier molecular flexibility index (Phi) is 5.31. The van der Waals surface area contributed by atoms with Crippen molar-refractivity contribution < 1.29 is 36.2 Å². The number of rotatable bonds is 4. The van der Waals surface area contributed by atoms with Gasteiger partial charge in [-0.25, -0.2) is 14.4 Å². The smallest absolute Gasteiger partial charge is 0.417 e. The second-order valence-corrected chi connectivity index (χ2v) is 8.00. The molecule has 3 N–H and O–H groups in total. The lowest BCUT2D eigenvalue weighted by Crippen LogP contribution is -2.46. The summed E-state index contributed by atoms with van der Waals surface area (Å²) in [4.78, 5) is 22.5. The number of methoxy groups -OCH3 is 1. The molecule has 1 fully saturated rings. The summed E-state index contributed by atoms with van der Waals surface area (Å²) in [6.07, 6.45) is -6.13. The molecule has 1 aliphatic rings. The van der Waals surface area contributed by atoms with E-state index in [1.54, 1.807) is 0 Å². The van der Waals surface area contributed by atoms with Crippen molar-refractivity contribution in [1.29, 1.82) is 0 Å². The quantitative estimate of drug-likeness (QED) is 0.558. The highest BCUT2D eigenvalue weighted by Gasteiger charge is 2.65. The number of H-pyrrole nitrogens is 1. The first-order chi connectivity index (χ1) is 15.4.